The lowest BCUT2D eigenvalue weighted by Gasteiger charge is -1.97. The molecule has 4 nitrogen and oxygen atoms in total. The van der Waals surface area contributed by atoms with Crippen molar-refractivity contribution in [2.45, 2.75) is 0 Å². The maximum absolute atomic E-state index is 10.9. The van der Waals surface area contributed by atoms with E-state index in [1.807, 2.05) is 18.2 Å². The Bertz CT molecular complexity index is 549. The van der Waals surface area contributed by atoms with Crippen LogP contribution in [0.3, 0.4) is 0 Å². The minimum Gasteiger partial charge on any atom is -0.466 e. The summed E-state index contributed by atoms with van der Waals surface area (Å²) < 4.78 is 4.50. The largest absolute Gasteiger partial charge is 0.466 e. The van der Waals surface area contributed by atoms with E-state index in [9.17, 15) is 4.79 Å². The van der Waals surface area contributed by atoms with Crippen LogP contribution in [-0.4, -0.2) is 23.0 Å². The van der Waals surface area contributed by atoms with Crippen LogP contribution in [0.25, 0.3) is 17.1 Å². The molecule has 2 aromatic heterocycles. The molecule has 0 fully saturated rings. The molecule has 0 atom stereocenters. The fourth-order valence-electron chi connectivity index (χ4n) is 1.29. The van der Waals surface area contributed by atoms with Crippen molar-refractivity contribution < 1.29 is 9.53 Å². The van der Waals surface area contributed by atoms with Gasteiger partial charge in [-0.15, -0.1) is 0 Å². The molecule has 4 heteroatoms. The highest BCUT2D eigenvalue weighted by Gasteiger charge is 1.96. The number of esters is 1. The normalized spacial score (nSPS) is 10.8. The van der Waals surface area contributed by atoms with E-state index < -0.39 is 0 Å². The van der Waals surface area contributed by atoms with Crippen molar-refractivity contribution in [1.82, 2.24) is 9.97 Å². The molecule has 0 aliphatic heterocycles. The lowest BCUT2D eigenvalue weighted by molar-refractivity contribution is -0.134. The molecule has 0 aliphatic rings. The van der Waals surface area contributed by atoms with E-state index >= 15 is 0 Å². The van der Waals surface area contributed by atoms with Gasteiger partial charge in [0.2, 0.25) is 0 Å². The fourth-order valence-corrected chi connectivity index (χ4v) is 1.29. The average molecular weight is 214 g/mol. The second-order valence-electron chi connectivity index (χ2n) is 3.17. The molecule has 0 amide bonds. The lowest BCUT2D eigenvalue weighted by Crippen LogP contribution is -1.93. The van der Waals surface area contributed by atoms with Gasteiger partial charge < -0.3 is 4.74 Å². The Hall–Kier alpha value is -2.23. The van der Waals surface area contributed by atoms with Crippen molar-refractivity contribution >= 4 is 23.1 Å². The highest BCUT2D eigenvalue weighted by atomic mass is 16.5. The summed E-state index contributed by atoms with van der Waals surface area (Å²) >= 11 is 0. The van der Waals surface area contributed by atoms with Crippen LogP contribution in [0.2, 0.25) is 0 Å². The summed E-state index contributed by atoms with van der Waals surface area (Å²) in [5, 5.41) is 0. The number of carbonyl (C=O) groups excluding carboxylic acids is 1. The van der Waals surface area contributed by atoms with Gasteiger partial charge in [0.25, 0.3) is 0 Å². The van der Waals surface area contributed by atoms with E-state index in [0.717, 1.165) is 16.6 Å². The molecule has 0 N–H and O–H groups in total. The predicted molar refractivity (Wildman–Crippen MR) is 60.6 cm³/mol. The first-order valence-corrected chi connectivity index (χ1v) is 4.76. The zero-order valence-electron chi connectivity index (χ0n) is 8.75. The number of pyridine rings is 2. The predicted octanol–water partition coefficient (Wildman–Crippen LogP) is 1.82. The molecule has 2 heterocycles. The van der Waals surface area contributed by atoms with Crippen molar-refractivity contribution in [1.29, 1.82) is 0 Å². The quantitative estimate of drug-likeness (QED) is 0.565. The van der Waals surface area contributed by atoms with Gasteiger partial charge in [-0.1, -0.05) is 0 Å². The number of aromatic nitrogens is 2. The van der Waals surface area contributed by atoms with Gasteiger partial charge >= 0.3 is 5.97 Å². The standard InChI is InChI=1S/C12H10N2O2/c1-16-12(15)5-4-9-7-11-10(14-8-9)3-2-6-13-11/h2-8H,1H3/b5-4+. The van der Waals surface area contributed by atoms with E-state index in [2.05, 4.69) is 14.7 Å². The maximum atomic E-state index is 10.9. The van der Waals surface area contributed by atoms with Gasteiger partial charge in [0.1, 0.15) is 0 Å². The third-order valence-corrected chi connectivity index (χ3v) is 2.09. The first-order chi connectivity index (χ1) is 7.79. The Balaban J connectivity index is 2.33. The summed E-state index contributed by atoms with van der Waals surface area (Å²) in [6.07, 6.45) is 6.39. The van der Waals surface area contributed by atoms with Crippen molar-refractivity contribution in [2.75, 3.05) is 7.11 Å². The number of fused-ring (bicyclic) bond motifs is 1. The van der Waals surface area contributed by atoms with Gasteiger partial charge in [0, 0.05) is 18.5 Å². The molecule has 80 valence electrons. The van der Waals surface area contributed by atoms with E-state index in [0.29, 0.717) is 0 Å². The van der Waals surface area contributed by atoms with Gasteiger partial charge in [-0.25, -0.2) is 4.79 Å². The topological polar surface area (TPSA) is 52.1 Å². The molecule has 0 aliphatic carbocycles. The van der Waals surface area contributed by atoms with Crippen molar-refractivity contribution in [3.8, 4) is 0 Å². The molecule has 0 bridgehead atoms. The Morgan fingerprint density at radius 3 is 3.06 bits per heavy atom. The Morgan fingerprint density at radius 2 is 2.25 bits per heavy atom. The Labute approximate surface area is 92.6 Å². The summed E-state index contributed by atoms with van der Waals surface area (Å²) in [5.74, 6) is -0.388. The van der Waals surface area contributed by atoms with E-state index in [-0.39, 0.29) is 5.97 Å². The van der Waals surface area contributed by atoms with Gasteiger partial charge in [0.05, 0.1) is 18.1 Å². The van der Waals surface area contributed by atoms with Crippen LogP contribution in [0, 0.1) is 0 Å². The van der Waals surface area contributed by atoms with Gasteiger partial charge in [0.15, 0.2) is 0 Å². The first-order valence-electron chi connectivity index (χ1n) is 4.76. The fraction of sp³-hybridized carbons (Fsp3) is 0.0833. The summed E-state index contributed by atoms with van der Waals surface area (Å²) in [6.45, 7) is 0. The lowest BCUT2D eigenvalue weighted by atomic mass is 10.2. The third-order valence-electron chi connectivity index (χ3n) is 2.09. The molecule has 2 aromatic rings. The SMILES string of the molecule is COC(=O)/C=C/c1cnc2cccnc2c1. The maximum Gasteiger partial charge on any atom is 0.330 e. The highest BCUT2D eigenvalue weighted by Crippen LogP contribution is 2.10. The third kappa shape index (κ3) is 2.23. The summed E-state index contributed by atoms with van der Waals surface area (Å²) in [5.41, 5.74) is 2.45. The smallest absolute Gasteiger partial charge is 0.330 e. The zero-order valence-corrected chi connectivity index (χ0v) is 8.75. The number of hydrogen-bond acceptors (Lipinski definition) is 4. The van der Waals surface area contributed by atoms with Crippen LogP contribution in [0.1, 0.15) is 5.56 Å². The monoisotopic (exact) mass is 214 g/mol. The van der Waals surface area contributed by atoms with Crippen LogP contribution in [0.15, 0.2) is 36.7 Å². The molecule has 0 saturated heterocycles. The van der Waals surface area contributed by atoms with Crippen molar-refractivity contribution in [3.63, 3.8) is 0 Å². The van der Waals surface area contributed by atoms with Gasteiger partial charge in [-0.05, 0) is 29.8 Å². The van der Waals surface area contributed by atoms with E-state index in [1.54, 1.807) is 18.5 Å². The number of carbonyl (C=O) groups is 1. The number of nitrogens with zero attached hydrogens (tertiary/aromatic N) is 2. The number of methoxy groups -OCH3 is 1. The van der Waals surface area contributed by atoms with E-state index in [4.69, 9.17) is 0 Å². The molecular weight excluding hydrogens is 204 g/mol. The van der Waals surface area contributed by atoms with Crippen LogP contribution in [-0.2, 0) is 9.53 Å². The second kappa shape index (κ2) is 4.53. The van der Waals surface area contributed by atoms with Crippen LogP contribution in [0.5, 0.6) is 0 Å². The average Bonchev–Trinajstić information content (AvgIpc) is 2.35. The molecule has 0 spiro atoms. The summed E-state index contributed by atoms with van der Waals surface area (Å²) in [7, 11) is 1.34. The summed E-state index contributed by atoms with van der Waals surface area (Å²) in [6, 6.07) is 5.58. The molecule has 2 rings (SSSR count). The second-order valence-corrected chi connectivity index (χ2v) is 3.17. The minimum atomic E-state index is -0.388. The molecule has 0 unspecified atom stereocenters. The summed E-state index contributed by atoms with van der Waals surface area (Å²) in [4.78, 5) is 19.3. The first kappa shape index (κ1) is 10.3. The van der Waals surface area contributed by atoms with Crippen molar-refractivity contribution in [3.05, 3.63) is 42.2 Å². The Morgan fingerprint density at radius 1 is 1.38 bits per heavy atom. The molecule has 0 radical (unpaired) electrons. The molecular formula is C12H10N2O2. The number of ether oxygens (including phenoxy) is 1. The molecule has 16 heavy (non-hydrogen) atoms. The van der Waals surface area contributed by atoms with Crippen LogP contribution < -0.4 is 0 Å². The molecule has 0 saturated carbocycles. The van der Waals surface area contributed by atoms with Gasteiger partial charge in [-0.2, -0.15) is 0 Å². The zero-order chi connectivity index (χ0) is 11.4. The highest BCUT2D eigenvalue weighted by molar-refractivity contribution is 5.87. The van der Waals surface area contributed by atoms with Crippen LogP contribution >= 0.6 is 0 Å². The van der Waals surface area contributed by atoms with Crippen LogP contribution in [0.4, 0.5) is 0 Å². The number of rotatable bonds is 2. The van der Waals surface area contributed by atoms with Crippen molar-refractivity contribution in [2.24, 2.45) is 0 Å². The van der Waals surface area contributed by atoms with Gasteiger partial charge in [-0.3, -0.25) is 9.97 Å². The Kier molecular flexibility index (Phi) is 2.91. The number of hydrogen-bond donors (Lipinski definition) is 0. The van der Waals surface area contributed by atoms with E-state index in [1.165, 1.54) is 13.2 Å². The minimum absolute atomic E-state index is 0.388. The molecule has 0 aromatic carbocycles.